The summed E-state index contributed by atoms with van der Waals surface area (Å²) in [5, 5.41) is 0. The third-order valence-electron chi connectivity index (χ3n) is 4.13. The number of hydrogen-bond donors (Lipinski definition) is 1. The lowest BCUT2D eigenvalue weighted by atomic mass is 10.2. The van der Waals surface area contributed by atoms with E-state index in [-0.39, 0.29) is 0 Å². The van der Waals surface area contributed by atoms with Crippen molar-refractivity contribution in [3.05, 3.63) is 6.33 Å². The molecule has 7 heteroatoms. The number of anilines is 2. The van der Waals surface area contributed by atoms with Gasteiger partial charge in [-0.05, 0) is 13.3 Å². The fourth-order valence-corrected chi connectivity index (χ4v) is 3.05. The molecule has 1 unspecified atom stereocenters. The minimum absolute atomic E-state index is 0.484. The molecule has 0 bridgehead atoms. The predicted molar refractivity (Wildman–Crippen MR) is 80.6 cm³/mol. The van der Waals surface area contributed by atoms with E-state index in [1.54, 1.807) is 0 Å². The van der Waals surface area contributed by atoms with Crippen LogP contribution in [0.15, 0.2) is 6.33 Å². The van der Waals surface area contributed by atoms with Crippen LogP contribution in [0.3, 0.4) is 0 Å². The van der Waals surface area contributed by atoms with Crippen molar-refractivity contribution < 1.29 is 9.47 Å². The van der Waals surface area contributed by atoms with E-state index in [0.29, 0.717) is 24.2 Å². The van der Waals surface area contributed by atoms with Gasteiger partial charge >= 0.3 is 0 Å². The van der Waals surface area contributed by atoms with Gasteiger partial charge in [0.05, 0.1) is 19.8 Å². The Kier molecular flexibility index (Phi) is 4.40. The Morgan fingerprint density at radius 3 is 2.90 bits per heavy atom. The number of ether oxygens (including phenoxy) is 2. The summed E-state index contributed by atoms with van der Waals surface area (Å²) in [7, 11) is 0. The lowest BCUT2D eigenvalue weighted by Crippen LogP contribution is -2.44. The molecule has 1 atom stereocenters. The van der Waals surface area contributed by atoms with E-state index in [1.165, 1.54) is 6.33 Å². The summed E-state index contributed by atoms with van der Waals surface area (Å²) < 4.78 is 10.9. The van der Waals surface area contributed by atoms with Gasteiger partial charge in [0.1, 0.15) is 12.0 Å². The van der Waals surface area contributed by atoms with Gasteiger partial charge in [0, 0.05) is 32.2 Å². The second kappa shape index (κ2) is 6.44. The number of rotatable bonds is 4. The Bertz CT molecular complexity index is 478. The lowest BCUT2D eigenvalue weighted by molar-refractivity contribution is 0.0209. The summed E-state index contributed by atoms with van der Waals surface area (Å²) in [6, 6.07) is 0.554. The van der Waals surface area contributed by atoms with Gasteiger partial charge in [-0.3, -0.25) is 4.90 Å². The summed E-state index contributed by atoms with van der Waals surface area (Å²) in [6.45, 7) is 8.09. The quantitative estimate of drug-likeness (QED) is 0.859. The monoisotopic (exact) mass is 293 g/mol. The third kappa shape index (κ3) is 3.03. The molecule has 0 aliphatic carbocycles. The minimum Gasteiger partial charge on any atom is -0.476 e. The highest BCUT2D eigenvalue weighted by Crippen LogP contribution is 2.31. The number of nitrogen functional groups attached to an aromatic ring is 1. The molecule has 2 saturated heterocycles. The molecule has 116 valence electrons. The smallest absolute Gasteiger partial charge is 0.242 e. The van der Waals surface area contributed by atoms with Crippen LogP contribution >= 0.6 is 0 Å². The summed E-state index contributed by atoms with van der Waals surface area (Å²) in [6.07, 6.45) is 2.66. The molecule has 0 spiro atoms. The van der Waals surface area contributed by atoms with Crippen molar-refractivity contribution in [3.8, 4) is 5.88 Å². The predicted octanol–water partition coefficient (Wildman–Crippen LogP) is 0.368. The highest BCUT2D eigenvalue weighted by molar-refractivity contribution is 5.68. The zero-order valence-corrected chi connectivity index (χ0v) is 12.5. The van der Waals surface area contributed by atoms with E-state index in [4.69, 9.17) is 15.2 Å². The van der Waals surface area contributed by atoms with Crippen LogP contribution in [0.5, 0.6) is 5.88 Å². The van der Waals surface area contributed by atoms with Gasteiger partial charge in [-0.1, -0.05) is 0 Å². The molecular formula is C14H23N5O2. The van der Waals surface area contributed by atoms with E-state index in [1.807, 2.05) is 6.92 Å². The molecule has 0 saturated carbocycles. The fraction of sp³-hybridized carbons (Fsp3) is 0.714. The molecular weight excluding hydrogens is 270 g/mol. The normalized spacial score (nSPS) is 23.5. The molecule has 3 heterocycles. The van der Waals surface area contributed by atoms with Gasteiger partial charge < -0.3 is 20.1 Å². The molecule has 2 aliphatic rings. The maximum atomic E-state index is 6.15. The van der Waals surface area contributed by atoms with Crippen LogP contribution in [-0.2, 0) is 4.74 Å². The van der Waals surface area contributed by atoms with E-state index in [0.717, 1.165) is 51.6 Å². The summed E-state index contributed by atoms with van der Waals surface area (Å²) in [5.74, 6) is 1.28. The summed E-state index contributed by atoms with van der Waals surface area (Å²) in [4.78, 5) is 13.2. The van der Waals surface area contributed by atoms with Gasteiger partial charge in [0.2, 0.25) is 5.88 Å². The molecule has 0 aromatic carbocycles. The van der Waals surface area contributed by atoms with Gasteiger partial charge in [-0.25, -0.2) is 4.98 Å². The largest absolute Gasteiger partial charge is 0.476 e. The van der Waals surface area contributed by atoms with Crippen LogP contribution in [0.25, 0.3) is 0 Å². The van der Waals surface area contributed by atoms with Crippen molar-refractivity contribution in [1.29, 1.82) is 0 Å². The van der Waals surface area contributed by atoms with Crippen molar-refractivity contribution in [1.82, 2.24) is 14.9 Å². The van der Waals surface area contributed by atoms with Crippen LogP contribution in [0.1, 0.15) is 13.3 Å². The van der Waals surface area contributed by atoms with Crippen molar-refractivity contribution in [3.63, 3.8) is 0 Å². The molecule has 3 rings (SSSR count). The average molecular weight is 293 g/mol. The average Bonchev–Trinajstić information content (AvgIpc) is 3.00. The van der Waals surface area contributed by atoms with Crippen LogP contribution < -0.4 is 15.4 Å². The van der Waals surface area contributed by atoms with E-state index in [9.17, 15) is 0 Å². The zero-order chi connectivity index (χ0) is 14.7. The van der Waals surface area contributed by atoms with E-state index >= 15 is 0 Å². The van der Waals surface area contributed by atoms with Crippen molar-refractivity contribution in [2.24, 2.45) is 0 Å². The SMILES string of the molecule is CCOc1ncnc(N2CCC(N3CCOCC3)C2)c1N. The Balaban J connectivity index is 1.69. The molecule has 1 aromatic rings. The van der Waals surface area contributed by atoms with Crippen LogP contribution in [0.4, 0.5) is 11.5 Å². The minimum atomic E-state index is 0.484. The zero-order valence-electron chi connectivity index (χ0n) is 12.5. The van der Waals surface area contributed by atoms with Crippen molar-refractivity contribution >= 4 is 11.5 Å². The molecule has 1 aromatic heterocycles. The second-order valence-electron chi connectivity index (χ2n) is 5.39. The van der Waals surface area contributed by atoms with Gasteiger partial charge in [0.15, 0.2) is 5.82 Å². The van der Waals surface area contributed by atoms with E-state index < -0.39 is 0 Å². The van der Waals surface area contributed by atoms with Crippen molar-refractivity contribution in [2.75, 3.05) is 56.6 Å². The highest BCUT2D eigenvalue weighted by atomic mass is 16.5. The highest BCUT2D eigenvalue weighted by Gasteiger charge is 2.30. The maximum absolute atomic E-state index is 6.15. The third-order valence-corrected chi connectivity index (χ3v) is 4.13. The molecule has 21 heavy (non-hydrogen) atoms. The summed E-state index contributed by atoms with van der Waals surface area (Å²) in [5.41, 5.74) is 6.69. The van der Waals surface area contributed by atoms with Crippen LogP contribution in [-0.4, -0.2) is 66.9 Å². The van der Waals surface area contributed by atoms with Gasteiger partial charge in [-0.2, -0.15) is 4.98 Å². The maximum Gasteiger partial charge on any atom is 0.242 e. The fourth-order valence-electron chi connectivity index (χ4n) is 3.05. The molecule has 2 aliphatic heterocycles. The first-order valence-electron chi connectivity index (χ1n) is 7.59. The first-order valence-corrected chi connectivity index (χ1v) is 7.59. The standard InChI is InChI=1S/C14H23N5O2/c1-2-21-14-12(15)13(16-10-17-14)19-4-3-11(9-19)18-5-7-20-8-6-18/h10-11H,2-9,15H2,1H3. The molecule has 2 fully saturated rings. The summed E-state index contributed by atoms with van der Waals surface area (Å²) >= 11 is 0. The van der Waals surface area contributed by atoms with Crippen LogP contribution in [0, 0.1) is 0 Å². The molecule has 0 amide bonds. The van der Waals surface area contributed by atoms with Crippen LogP contribution in [0.2, 0.25) is 0 Å². The number of morpholine rings is 1. The Labute approximate surface area is 125 Å². The molecule has 7 nitrogen and oxygen atoms in total. The number of hydrogen-bond acceptors (Lipinski definition) is 7. The lowest BCUT2D eigenvalue weighted by Gasteiger charge is -2.32. The first kappa shape index (κ1) is 14.3. The van der Waals surface area contributed by atoms with Gasteiger partial charge in [0.25, 0.3) is 0 Å². The topological polar surface area (TPSA) is 76.7 Å². The Morgan fingerprint density at radius 1 is 1.33 bits per heavy atom. The number of nitrogens with zero attached hydrogens (tertiary/aromatic N) is 4. The van der Waals surface area contributed by atoms with Crippen molar-refractivity contribution in [2.45, 2.75) is 19.4 Å². The molecule has 0 radical (unpaired) electrons. The molecule has 2 N–H and O–H groups in total. The number of aromatic nitrogens is 2. The van der Waals surface area contributed by atoms with E-state index in [2.05, 4.69) is 19.8 Å². The van der Waals surface area contributed by atoms with Gasteiger partial charge in [-0.15, -0.1) is 0 Å². The second-order valence-corrected chi connectivity index (χ2v) is 5.39. The Morgan fingerprint density at radius 2 is 2.14 bits per heavy atom. The number of nitrogens with two attached hydrogens (primary N) is 1. The Hall–Kier alpha value is -1.60. The first-order chi connectivity index (χ1) is 10.3.